The van der Waals surface area contributed by atoms with Gasteiger partial charge in [-0.1, -0.05) is 20.8 Å². The molecule has 0 radical (unpaired) electrons. The molecule has 1 aromatic rings. The number of nitrogens with two attached hydrogens (primary N) is 1. The Balaban J connectivity index is 2.63. The molecule has 0 unspecified atom stereocenters. The molecular formula is C11H21N3. The molecule has 1 heterocycles. The standard InChI is InChI=1S/C11H21N3/c1-11(2,3)9-14-10(5-4-7-12)6-8-13-14/h6,8H,4-5,7,9,12H2,1-3H3. The Morgan fingerprint density at radius 2 is 2.14 bits per heavy atom. The van der Waals surface area contributed by atoms with Gasteiger partial charge in [0.1, 0.15) is 0 Å². The van der Waals surface area contributed by atoms with Gasteiger partial charge < -0.3 is 5.73 Å². The quantitative estimate of drug-likeness (QED) is 0.796. The van der Waals surface area contributed by atoms with E-state index >= 15 is 0 Å². The summed E-state index contributed by atoms with van der Waals surface area (Å²) in [5, 5.41) is 4.33. The van der Waals surface area contributed by atoms with Gasteiger partial charge >= 0.3 is 0 Å². The van der Waals surface area contributed by atoms with E-state index in [9.17, 15) is 0 Å². The highest BCUT2D eigenvalue weighted by molar-refractivity contribution is 5.01. The predicted molar refractivity (Wildman–Crippen MR) is 59.1 cm³/mol. The van der Waals surface area contributed by atoms with Gasteiger partial charge in [0.15, 0.2) is 0 Å². The van der Waals surface area contributed by atoms with E-state index in [0.29, 0.717) is 0 Å². The van der Waals surface area contributed by atoms with E-state index in [-0.39, 0.29) is 5.41 Å². The molecule has 1 rings (SSSR count). The lowest BCUT2D eigenvalue weighted by Gasteiger charge is -2.19. The van der Waals surface area contributed by atoms with E-state index in [0.717, 1.165) is 25.9 Å². The lowest BCUT2D eigenvalue weighted by atomic mass is 9.97. The van der Waals surface area contributed by atoms with Crippen molar-refractivity contribution in [1.29, 1.82) is 0 Å². The highest BCUT2D eigenvalue weighted by Gasteiger charge is 2.13. The molecule has 80 valence electrons. The van der Waals surface area contributed by atoms with Gasteiger partial charge in [-0.15, -0.1) is 0 Å². The summed E-state index contributed by atoms with van der Waals surface area (Å²) in [5.41, 5.74) is 7.07. The fraction of sp³-hybridized carbons (Fsp3) is 0.727. The Morgan fingerprint density at radius 3 is 2.71 bits per heavy atom. The van der Waals surface area contributed by atoms with Crippen LogP contribution in [0.1, 0.15) is 32.9 Å². The molecule has 0 aliphatic rings. The fourth-order valence-corrected chi connectivity index (χ4v) is 1.45. The van der Waals surface area contributed by atoms with Crippen molar-refractivity contribution >= 4 is 0 Å². The molecule has 3 nitrogen and oxygen atoms in total. The Labute approximate surface area is 86.3 Å². The van der Waals surface area contributed by atoms with Crippen LogP contribution in [-0.4, -0.2) is 16.3 Å². The van der Waals surface area contributed by atoms with E-state index in [1.165, 1.54) is 5.69 Å². The summed E-state index contributed by atoms with van der Waals surface area (Å²) >= 11 is 0. The second-order valence-electron chi connectivity index (χ2n) is 4.93. The predicted octanol–water partition coefficient (Wildman–Crippen LogP) is 1.82. The van der Waals surface area contributed by atoms with Crippen LogP contribution in [0.5, 0.6) is 0 Å². The molecule has 0 aliphatic carbocycles. The van der Waals surface area contributed by atoms with Crippen LogP contribution in [0.2, 0.25) is 0 Å². The summed E-state index contributed by atoms with van der Waals surface area (Å²) in [5.74, 6) is 0. The molecule has 3 heteroatoms. The first-order chi connectivity index (χ1) is 6.53. The van der Waals surface area contributed by atoms with Gasteiger partial charge in [0.05, 0.1) is 0 Å². The number of nitrogens with zero attached hydrogens (tertiary/aromatic N) is 2. The Bertz CT molecular complexity index is 270. The topological polar surface area (TPSA) is 43.8 Å². The van der Waals surface area contributed by atoms with E-state index in [1.807, 2.05) is 6.20 Å². The normalized spacial score (nSPS) is 12.0. The highest BCUT2D eigenvalue weighted by atomic mass is 15.3. The summed E-state index contributed by atoms with van der Waals surface area (Å²) in [6.45, 7) is 8.39. The van der Waals surface area contributed by atoms with Crippen LogP contribution in [0.15, 0.2) is 12.3 Å². The second kappa shape index (κ2) is 4.60. The average Bonchev–Trinajstić information content (AvgIpc) is 2.45. The van der Waals surface area contributed by atoms with E-state index in [1.54, 1.807) is 0 Å². The van der Waals surface area contributed by atoms with Crippen molar-refractivity contribution in [3.05, 3.63) is 18.0 Å². The minimum absolute atomic E-state index is 0.281. The number of aromatic nitrogens is 2. The minimum atomic E-state index is 0.281. The molecule has 0 fully saturated rings. The molecule has 0 amide bonds. The minimum Gasteiger partial charge on any atom is -0.330 e. The SMILES string of the molecule is CC(C)(C)Cn1nccc1CCCN. The van der Waals surface area contributed by atoms with Crippen molar-refractivity contribution in [3.63, 3.8) is 0 Å². The summed E-state index contributed by atoms with van der Waals surface area (Å²) < 4.78 is 2.09. The van der Waals surface area contributed by atoms with Crippen molar-refractivity contribution in [3.8, 4) is 0 Å². The zero-order valence-corrected chi connectivity index (χ0v) is 9.45. The first-order valence-electron chi connectivity index (χ1n) is 5.24. The molecule has 14 heavy (non-hydrogen) atoms. The molecule has 0 saturated carbocycles. The lowest BCUT2D eigenvalue weighted by molar-refractivity contribution is 0.319. The summed E-state index contributed by atoms with van der Waals surface area (Å²) in [4.78, 5) is 0. The maximum absolute atomic E-state index is 5.49. The second-order valence-corrected chi connectivity index (χ2v) is 4.93. The molecule has 2 N–H and O–H groups in total. The van der Waals surface area contributed by atoms with E-state index < -0.39 is 0 Å². The lowest BCUT2D eigenvalue weighted by Crippen LogP contribution is -2.18. The zero-order chi connectivity index (χ0) is 10.6. The smallest absolute Gasteiger partial charge is 0.0492 e. The Kier molecular flexibility index (Phi) is 3.69. The third kappa shape index (κ3) is 3.50. The van der Waals surface area contributed by atoms with Gasteiger partial charge in [0.25, 0.3) is 0 Å². The van der Waals surface area contributed by atoms with Crippen LogP contribution in [0.3, 0.4) is 0 Å². The molecule has 0 aromatic carbocycles. The van der Waals surface area contributed by atoms with E-state index in [4.69, 9.17) is 5.73 Å². The highest BCUT2D eigenvalue weighted by Crippen LogP contribution is 2.17. The third-order valence-electron chi connectivity index (χ3n) is 2.07. The Hall–Kier alpha value is -0.830. The van der Waals surface area contributed by atoms with Crippen LogP contribution in [0, 0.1) is 5.41 Å². The average molecular weight is 195 g/mol. The zero-order valence-electron chi connectivity index (χ0n) is 9.45. The molecule has 0 aliphatic heterocycles. The van der Waals surface area contributed by atoms with Gasteiger partial charge in [0.2, 0.25) is 0 Å². The first kappa shape index (κ1) is 11.2. The number of aryl methyl sites for hydroxylation is 1. The van der Waals surface area contributed by atoms with Crippen LogP contribution in [-0.2, 0) is 13.0 Å². The van der Waals surface area contributed by atoms with Gasteiger partial charge in [-0.25, -0.2) is 0 Å². The fourth-order valence-electron chi connectivity index (χ4n) is 1.45. The van der Waals surface area contributed by atoms with Crippen LogP contribution in [0.4, 0.5) is 0 Å². The van der Waals surface area contributed by atoms with Crippen LogP contribution < -0.4 is 5.73 Å². The summed E-state index contributed by atoms with van der Waals surface area (Å²) in [6.07, 6.45) is 3.94. The maximum Gasteiger partial charge on any atom is 0.0492 e. The van der Waals surface area contributed by atoms with Crippen molar-refractivity contribution in [2.75, 3.05) is 6.54 Å². The monoisotopic (exact) mass is 195 g/mol. The van der Waals surface area contributed by atoms with Gasteiger partial charge in [-0.3, -0.25) is 4.68 Å². The maximum atomic E-state index is 5.49. The van der Waals surface area contributed by atoms with Crippen molar-refractivity contribution < 1.29 is 0 Å². The van der Waals surface area contributed by atoms with Crippen LogP contribution in [0.25, 0.3) is 0 Å². The van der Waals surface area contributed by atoms with Crippen molar-refractivity contribution in [1.82, 2.24) is 9.78 Å². The number of hydrogen-bond acceptors (Lipinski definition) is 2. The third-order valence-corrected chi connectivity index (χ3v) is 2.07. The summed E-state index contributed by atoms with van der Waals surface area (Å²) in [6, 6.07) is 2.08. The van der Waals surface area contributed by atoms with Gasteiger partial charge in [-0.05, 0) is 30.9 Å². The van der Waals surface area contributed by atoms with Crippen molar-refractivity contribution in [2.24, 2.45) is 11.1 Å². The molecule has 1 aromatic heterocycles. The Morgan fingerprint density at radius 1 is 1.43 bits per heavy atom. The number of hydrogen-bond donors (Lipinski definition) is 1. The van der Waals surface area contributed by atoms with Crippen molar-refractivity contribution in [2.45, 2.75) is 40.2 Å². The number of rotatable bonds is 4. The molecule has 0 saturated heterocycles. The van der Waals surface area contributed by atoms with E-state index in [2.05, 4.69) is 36.6 Å². The molecule has 0 spiro atoms. The molecular weight excluding hydrogens is 174 g/mol. The largest absolute Gasteiger partial charge is 0.330 e. The van der Waals surface area contributed by atoms with Crippen LogP contribution >= 0.6 is 0 Å². The summed E-state index contributed by atoms with van der Waals surface area (Å²) in [7, 11) is 0. The van der Waals surface area contributed by atoms with Gasteiger partial charge in [0, 0.05) is 18.4 Å². The molecule has 0 atom stereocenters. The molecule has 0 bridgehead atoms. The van der Waals surface area contributed by atoms with Gasteiger partial charge in [-0.2, -0.15) is 5.10 Å². The first-order valence-corrected chi connectivity index (χ1v) is 5.24.